The van der Waals surface area contributed by atoms with E-state index in [1.807, 2.05) is 13.8 Å². The molecular weight excluding hydrogens is 286 g/mol. The van der Waals surface area contributed by atoms with Gasteiger partial charge in [0.05, 0.1) is 21.7 Å². The van der Waals surface area contributed by atoms with Gasteiger partial charge in [-0.2, -0.15) is 0 Å². The van der Waals surface area contributed by atoms with Gasteiger partial charge in [0.1, 0.15) is 0 Å². The third-order valence-electron chi connectivity index (χ3n) is 5.75. The van der Waals surface area contributed by atoms with Crippen molar-refractivity contribution in [2.75, 3.05) is 19.6 Å². The summed E-state index contributed by atoms with van der Waals surface area (Å²) < 4.78 is 31.0. The lowest BCUT2D eigenvalue weighted by Gasteiger charge is -2.49. The number of hydrogen-bond acceptors (Lipinski definition) is 4. The lowest BCUT2D eigenvalue weighted by molar-refractivity contribution is -0.181. The van der Waals surface area contributed by atoms with Gasteiger partial charge in [0.15, 0.2) is 9.84 Å². The van der Waals surface area contributed by atoms with E-state index in [0.717, 1.165) is 32.4 Å². The fraction of sp³-hybridized carbons (Fsp3) is 1.00. The summed E-state index contributed by atoms with van der Waals surface area (Å²) in [6.45, 7) is 12.4. The van der Waals surface area contributed by atoms with E-state index in [9.17, 15) is 8.42 Å². The third kappa shape index (κ3) is 2.27. The summed E-state index contributed by atoms with van der Waals surface area (Å²) in [5, 5.41) is 0. The first-order valence-corrected chi connectivity index (χ1v) is 9.59. The highest BCUT2D eigenvalue weighted by Gasteiger charge is 2.65. The van der Waals surface area contributed by atoms with Crippen LogP contribution in [0, 0.1) is 5.41 Å². The summed E-state index contributed by atoms with van der Waals surface area (Å²) in [7, 11) is -3.17. The minimum Gasteiger partial charge on any atom is -0.372 e. The molecule has 4 fully saturated rings. The van der Waals surface area contributed by atoms with Gasteiger partial charge in [-0.25, -0.2) is 8.42 Å². The maximum Gasteiger partial charge on any atom is 0.162 e. The number of hydrogen-bond donors (Lipinski definition) is 0. The SMILES string of the molecule is CC(C)(C)C1(S(=O)(=O)C(C)(C)CN2CC3CC(C2)O3)CC1. The van der Waals surface area contributed by atoms with E-state index in [1.54, 1.807) is 0 Å². The molecule has 5 heteroatoms. The average Bonchev–Trinajstić information content (AvgIpc) is 3.06. The van der Waals surface area contributed by atoms with Crippen molar-refractivity contribution in [1.29, 1.82) is 0 Å². The molecule has 0 radical (unpaired) electrons. The van der Waals surface area contributed by atoms with Crippen molar-refractivity contribution >= 4 is 9.84 Å². The number of nitrogens with zero attached hydrogens (tertiary/aromatic N) is 1. The number of sulfone groups is 1. The predicted molar refractivity (Wildman–Crippen MR) is 84.1 cm³/mol. The molecule has 0 aromatic heterocycles. The van der Waals surface area contributed by atoms with Crippen molar-refractivity contribution < 1.29 is 13.2 Å². The molecule has 1 saturated carbocycles. The van der Waals surface area contributed by atoms with E-state index < -0.39 is 19.3 Å². The molecule has 4 rings (SSSR count). The van der Waals surface area contributed by atoms with Crippen molar-refractivity contribution in [2.45, 2.75) is 75.6 Å². The van der Waals surface area contributed by atoms with Crippen LogP contribution in [0.25, 0.3) is 0 Å². The van der Waals surface area contributed by atoms with Crippen LogP contribution in [0.4, 0.5) is 0 Å². The largest absolute Gasteiger partial charge is 0.372 e. The normalized spacial score (nSPS) is 32.6. The molecule has 0 N–H and O–H groups in total. The van der Waals surface area contributed by atoms with Crippen molar-refractivity contribution in [2.24, 2.45) is 5.41 Å². The minimum atomic E-state index is -3.17. The minimum absolute atomic E-state index is 0.184. The van der Waals surface area contributed by atoms with Crippen LogP contribution < -0.4 is 0 Å². The van der Waals surface area contributed by atoms with Gasteiger partial charge < -0.3 is 4.74 Å². The second-order valence-electron chi connectivity index (χ2n) is 8.82. The second-order valence-corrected chi connectivity index (χ2v) is 11.7. The summed E-state index contributed by atoms with van der Waals surface area (Å²) in [6, 6.07) is 0. The third-order valence-corrected chi connectivity index (χ3v) is 9.39. The maximum atomic E-state index is 13.3. The number of piperidine rings is 1. The molecule has 2 bridgehead atoms. The first kappa shape index (κ1) is 15.8. The fourth-order valence-corrected chi connectivity index (χ4v) is 7.11. The standard InChI is InChI=1S/C16H29NO3S/c1-14(2,3)16(6-7-16)21(18,19)15(4,5)11-17-9-12-8-13(10-17)20-12/h12-13H,6-11H2,1-5H3. The number of ether oxygens (including phenoxy) is 1. The van der Waals surface area contributed by atoms with Crippen molar-refractivity contribution in [3.63, 3.8) is 0 Å². The van der Waals surface area contributed by atoms with Crippen molar-refractivity contribution in [1.82, 2.24) is 4.90 Å². The molecule has 3 heterocycles. The predicted octanol–water partition coefficient (Wildman–Crippen LogP) is 2.23. The van der Waals surface area contributed by atoms with Crippen LogP contribution in [0.3, 0.4) is 0 Å². The Kier molecular flexibility index (Phi) is 3.34. The molecule has 1 aliphatic carbocycles. The summed E-state index contributed by atoms with van der Waals surface area (Å²) >= 11 is 0. The van der Waals surface area contributed by atoms with Crippen LogP contribution in [0.5, 0.6) is 0 Å². The molecule has 0 spiro atoms. The van der Waals surface area contributed by atoms with Crippen LogP contribution in [0.2, 0.25) is 0 Å². The van der Waals surface area contributed by atoms with Crippen LogP contribution in [-0.2, 0) is 14.6 Å². The van der Waals surface area contributed by atoms with Gasteiger partial charge >= 0.3 is 0 Å². The monoisotopic (exact) mass is 315 g/mol. The Balaban J connectivity index is 1.77. The average molecular weight is 315 g/mol. The first-order valence-electron chi connectivity index (χ1n) is 8.11. The summed E-state index contributed by atoms with van der Waals surface area (Å²) in [5.41, 5.74) is -0.184. The van der Waals surface area contributed by atoms with E-state index >= 15 is 0 Å². The highest BCUT2D eigenvalue weighted by molar-refractivity contribution is 7.94. The Morgan fingerprint density at radius 3 is 1.95 bits per heavy atom. The van der Waals surface area contributed by atoms with Gasteiger partial charge in [0.25, 0.3) is 0 Å². The molecule has 21 heavy (non-hydrogen) atoms. The zero-order valence-corrected chi connectivity index (χ0v) is 14.8. The van der Waals surface area contributed by atoms with Crippen LogP contribution in [0.1, 0.15) is 53.9 Å². The maximum absolute atomic E-state index is 13.3. The molecule has 0 aromatic rings. The van der Waals surface area contributed by atoms with Gasteiger partial charge in [-0.1, -0.05) is 20.8 Å². The van der Waals surface area contributed by atoms with E-state index in [0.29, 0.717) is 18.8 Å². The zero-order chi connectivity index (χ0) is 15.7. The van der Waals surface area contributed by atoms with Crippen LogP contribution in [-0.4, -0.2) is 54.7 Å². The molecule has 0 aromatic carbocycles. The molecule has 3 aliphatic heterocycles. The van der Waals surface area contributed by atoms with Crippen molar-refractivity contribution in [3.05, 3.63) is 0 Å². The highest BCUT2D eigenvalue weighted by atomic mass is 32.2. The quantitative estimate of drug-likeness (QED) is 0.798. The van der Waals surface area contributed by atoms with E-state index in [-0.39, 0.29) is 5.41 Å². The van der Waals surface area contributed by atoms with Gasteiger partial charge in [0.2, 0.25) is 0 Å². The first-order chi connectivity index (χ1) is 9.48. The fourth-order valence-electron chi connectivity index (χ4n) is 4.26. The smallest absolute Gasteiger partial charge is 0.162 e. The summed E-state index contributed by atoms with van der Waals surface area (Å²) in [5.74, 6) is 0. The Morgan fingerprint density at radius 1 is 1.10 bits per heavy atom. The van der Waals surface area contributed by atoms with Gasteiger partial charge in [0, 0.05) is 26.1 Å². The molecule has 4 aliphatic rings. The van der Waals surface area contributed by atoms with Gasteiger partial charge in [-0.05, 0) is 32.1 Å². The van der Waals surface area contributed by atoms with Crippen molar-refractivity contribution in [3.8, 4) is 0 Å². The molecule has 2 unspecified atom stereocenters. The number of fused-ring (bicyclic) bond motifs is 2. The number of morpholine rings is 1. The molecular formula is C16H29NO3S. The molecule has 0 amide bonds. The van der Waals surface area contributed by atoms with Crippen LogP contribution >= 0.6 is 0 Å². The highest BCUT2D eigenvalue weighted by Crippen LogP contribution is 2.58. The van der Waals surface area contributed by atoms with Gasteiger partial charge in [-0.15, -0.1) is 0 Å². The summed E-state index contributed by atoms with van der Waals surface area (Å²) in [4.78, 5) is 2.29. The lowest BCUT2D eigenvalue weighted by Crippen LogP contribution is -2.61. The molecule has 122 valence electrons. The van der Waals surface area contributed by atoms with Gasteiger partial charge in [-0.3, -0.25) is 4.90 Å². The topological polar surface area (TPSA) is 46.6 Å². The zero-order valence-electron chi connectivity index (χ0n) is 14.0. The lowest BCUT2D eigenvalue weighted by atomic mass is 9.89. The molecule has 2 atom stereocenters. The van der Waals surface area contributed by atoms with E-state index in [1.165, 1.54) is 0 Å². The Bertz CT molecular complexity index is 512. The molecule has 4 nitrogen and oxygen atoms in total. The number of rotatable bonds is 4. The van der Waals surface area contributed by atoms with Crippen LogP contribution in [0.15, 0.2) is 0 Å². The summed E-state index contributed by atoms with van der Waals surface area (Å²) in [6.07, 6.45) is 3.45. The van der Waals surface area contributed by atoms with E-state index in [4.69, 9.17) is 4.74 Å². The molecule has 3 saturated heterocycles. The second kappa shape index (κ2) is 4.45. The Hall–Kier alpha value is -0.130. The van der Waals surface area contributed by atoms with E-state index in [2.05, 4.69) is 25.7 Å². The Labute approximate surface area is 129 Å². The Morgan fingerprint density at radius 2 is 1.57 bits per heavy atom.